The first-order chi connectivity index (χ1) is 32.7. The first-order valence-corrected chi connectivity index (χ1v) is 23.9. The molecule has 1 fully saturated rings. The molecule has 4 aromatic rings. The van der Waals surface area contributed by atoms with Crippen LogP contribution in [0.3, 0.4) is 0 Å². The Morgan fingerprint density at radius 1 is 0.765 bits per heavy atom. The molecule has 0 spiro atoms. The number of hydrogen-bond acceptors (Lipinski definition) is 11. The molecule has 366 valence electrons. The van der Waals surface area contributed by atoms with Crippen molar-refractivity contribution in [1.82, 2.24) is 57.1 Å². The molecular formula is C46H63N13O7S2. The molecule has 2 aromatic heterocycles. The lowest BCUT2D eigenvalue weighted by Gasteiger charge is -2.29. The summed E-state index contributed by atoms with van der Waals surface area (Å²) in [5.74, 6) is -4.27. The van der Waals surface area contributed by atoms with Gasteiger partial charge in [0.2, 0.25) is 41.4 Å². The highest BCUT2D eigenvalue weighted by atomic mass is 32.1. The van der Waals surface area contributed by atoms with Crippen LogP contribution in [0.1, 0.15) is 62.8 Å². The van der Waals surface area contributed by atoms with Crippen molar-refractivity contribution in [1.29, 1.82) is 5.41 Å². The van der Waals surface area contributed by atoms with Gasteiger partial charge in [0.25, 0.3) is 0 Å². The summed E-state index contributed by atoms with van der Waals surface area (Å²) >= 11 is 8.63. The Bertz CT molecular complexity index is 2350. The van der Waals surface area contributed by atoms with Gasteiger partial charge in [0, 0.05) is 74.4 Å². The van der Waals surface area contributed by atoms with Gasteiger partial charge < -0.3 is 57.8 Å². The minimum atomic E-state index is -1.31. The van der Waals surface area contributed by atoms with Gasteiger partial charge in [-0.25, -0.2) is 4.98 Å². The van der Waals surface area contributed by atoms with Gasteiger partial charge in [-0.1, -0.05) is 48.5 Å². The summed E-state index contributed by atoms with van der Waals surface area (Å²) < 4.78 is 0. The van der Waals surface area contributed by atoms with Crippen molar-refractivity contribution in [2.45, 2.75) is 108 Å². The molecule has 0 radical (unpaired) electrons. The lowest BCUT2D eigenvalue weighted by atomic mass is 10.0. The van der Waals surface area contributed by atoms with E-state index in [2.05, 4.69) is 77.4 Å². The molecule has 20 nitrogen and oxygen atoms in total. The number of nitrogens with one attached hydrogen (secondary N) is 10. The van der Waals surface area contributed by atoms with Crippen LogP contribution in [0.25, 0.3) is 10.9 Å². The number of aromatic nitrogens is 3. The number of nitrogens with two attached hydrogens (primary N) is 1. The molecule has 1 saturated heterocycles. The first kappa shape index (κ1) is 52.4. The minimum Gasteiger partial charge on any atom is -0.370 e. The number of carbonyl (C=O) groups excluding carboxylic acids is 7. The van der Waals surface area contributed by atoms with E-state index in [0.29, 0.717) is 23.4 Å². The fourth-order valence-corrected chi connectivity index (χ4v) is 8.56. The number of hydrogen-bond donors (Lipinski definition) is 13. The third kappa shape index (κ3) is 15.5. The van der Waals surface area contributed by atoms with Gasteiger partial charge in [0.1, 0.15) is 36.3 Å². The maximum atomic E-state index is 14.6. The Morgan fingerprint density at radius 2 is 1.35 bits per heavy atom. The van der Waals surface area contributed by atoms with Crippen LogP contribution in [0.5, 0.6) is 0 Å². The highest BCUT2D eigenvalue weighted by molar-refractivity contribution is 7.80. The second-order valence-corrected chi connectivity index (χ2v) is 17.6. The third-order valence-electron chi connectivity index (χ3n) is 11.6. The number of fused-ring (bicyclic) bond motifs is 1. The second-order valence-electron chi connectivity index (χ2n) is 16.8. The zero-order chi connectivity index (χ0) is 49.2. The van der Waals surface area contributed by atoms with E-state index < -0.39 is 71.7 Å². The van der Waals surface area contributed by atoms with Gasteiger partial charge in [0.15, 0.2) is 5.96 Å². The topological polar surface area (TPSA) is 301 Å². The summed E-state index contributed by atoms with van der Waals surface area (Å²) in [4.78, 5) is 109. The van der Waals surface area contributed by atoms with E-state index >= 15 is 0 Å². The Labute approximate surface area is 406 Å². The summed E-state index contributed by atoms with van der Waals surface area (Å²) in [6, 6.07) is 9.25. The maximum Gasteiger partial charge on any atom is 0.246 e. The number of H-pyrrole nitrogens is 2. The molecule has 7 atom stereocenters. The van der Waals surface area contributed by atoms with Crippen LogP contribution in [0.2, 0.25) is 0 Å². The van der Waals surface area contributed by atoms with Gasteiger partial charge in [-0.3, -0.25) is 39.0 Å². The molecular weight excluding hydrogens is 911 g/mol. The van der Waals surface area contributed by atoms with Crippen LogP contribution < -0.4 is 43.0 Å². The quantitative estimate of drug-likeness (QED) is 0.0187. The number of carbonyl (C=O) groups is 7. The zero-order valence-corrected chi connectivity index (χ0v) is 40.0. The SMILES string of the molecule is CC(=O)N[C@@H](CCS)C(=O)N[C@@H](Cc1c[nH]cn1)C(=O)N[C@H](Cc1ccccc1)C(=O)N[C@@H](CCCNC(=N)N)C(=O)N[C@@H](Cc1c[nH]c2ccccc12)C(=O)N[C@@H](CS)C(=O)N1CCC[C@H]1C. The van der Waals surface area contributed by atoms with Crippen molar-refractivity contribution >= 4 is 83.5 Å². The molecule has 0 aliphatic carbocycles. The molecule has 2 aromatic carbocycles. The number of nitrogens with zero attached hydrogens (tertiary/aromatic N) is 2. The van der Waals surface area contributed by atoms with Gasteiger partial charge in [0.05, 0.1) is 12.0 Å². The lowest BCUT2D eigenvalue weighted by Crippen LogP contribution is -2.60. The molecule has 1 aliphatic heterocycles. The molecule has 3 heterocycles. The van der Waals surface area contributed by atoms with Crippen molar-refractivity contribution in [2.75, 3.05) is 24.6 Å². The van der Waals surface area contributed by atoms with Gasteiger partial charge in [-0.15, -0.1) is 0 Å². The van der Waals surface area contributed by atoms with E-state index in [0.717, 1.165) is 23.7 Å². The number of rotatable bonds is 25. The predicted octanol–water partition coefficient (Wildman–Crippen LogP) is 0.371. The summed E-state index contributed by atoms with van der Waals surface area (Å²) in [6.45, 7) is 3.94. The van der Waals surface area contributed by atoms with E-state index in [9.17, 15) is 33.6 Å². The van der Waals surface area contributed by atoms with Crippen molar-refractivity contribution < 1.29 is 33.6 Å². The normalized spacial score (nSPS) is 16.0. The minimum absolute atomic E-state index is 0.00337. The zero-order valence-electron chi connectivity index (χ0n) is 38.2. The van der Waals surface area contributed by atoms with Gasteiger partial charge in [-0.2, -0.15) is 25.3 Å². The van der Waals surface area contributed by atoms with Crippen molar-refractivity contribution in [3.63, 3.8) is 0 Å². The average Bonchev–Trinajstić information content (AvgIpc) is 4.10. The Hall–Kier alpha value is -6.55. The smallest absolute Gasteiger partial charge is 0.246 e. The molecule has 12 N–H and O–H groups in total. The molecule has 22 heteroatoms. The number of imidazole rings is 1. The molecule has 68 heavy (non-hydrogen) atoms. The number of guanidine groups is 1. The third-order valence-corrected chi connectivity index (χ3v) is 12.2. The fraction of sp³-hybridized carbons (Fsp3) is 0.457. The van der Waals surface area contributed by atoms with Crippen molar-refractivity contribution in [3.05, 3.63) is 90.1 Å². The standard InChI is InChI=1S/C46H63N13O7S2/c1-27-10-9-18-59(27)45(66)39(25-68)58-43(64)37(21-30-23-51-33-14-7-6-13-32(30)33)56-40(61)34(15-8-17-50-46(47)48)54-42(63)36(20-29-11-4-3-5-12-29)55-44(65)38(22-31-24-49-26-52-31)57-41(62)35(16-19-67)53-28(2)60/h3-7,11-14,23-24,26-27,34-39,51,67-68H,8-10,15-22,25H2,1-2H3,(H,49,52)(H,53,60)(H,54,63)(H,55,65)(H,56,61)(H,57,62)(H,58,64)(H4,47,48,50)/t27-,34+,35+,36-,37+,38+,39+/m1/s1. The number of benzene rings is 2. The Kier molecular flexibility index (Phi) is 20.1. The largest absolute Gasteiger partial charge is 0.370 e. The number of likely N-dealkylation sites (tertiary alicyclic amines) is 1. The Morgan fingerprint density at radius 3 is 1.94 bits per heavy atom. The molecule has 5 rings (SSSR count). The summed E-state index contributed by atoms with van der Waals surface area (Å²) in [5.41, 5.74) is 8.15. The molecule has 0 saturated carbocycles. The summed E-state index contributed by atoms with van der Waals surface area (Å²) in [6.07, 6.45) is 6.69. The van der Waals surface area contributed by atoms with Crippen LogP contribution in [-0.2, 0) is 52.8 Å². The van der Waals surface area contributed by atoms with Gasteiger partial charge >= 0.3 is 0 Å². The predicted molar refractivity (Wildman–Crippen MR) is 264 cm³/mol. The second kappa shape index (κ2) is 26.1. The van der Waals surface area contributed by atoms with Crippen molar-refractivity contribution in [3.8, 4) is 0 Å². The fourth-order valence-electron chi connectivity index (χ4n) is 8.06. The highest BCUT2D eigenvalue weighted by Gasteiger charge is 2.36. The van der Waals surface area contributed by atoms with Gasteiger partial charge in [-0.05, 0) is 62.0 Å². The average molecular weight is 974 g/mol. The van der Waals surface area contributed by atoms with Crippen LogP contribution in [-0.4, -0.2) is 134 Å². The monoisotopic (exact) mass is 973 g/mol. The van der Waals surface area contributed by atoms with Crippen LogP contribution in [0.15, 0.2) is 73.3 Å². The maximum absolute atomic E-state index is 14.6. The van der Waals surface area contributed by atoms with E-state index in [1.54, 1.807) is 47.6 Å². The van der Waals surface area contributed by atoms with Crippen LogP contribution >= 0.6 is 25.3 Å². The molecule has 0 bridgehead atoms. The van der Waals surface area contributed by atoms with Crippen LogP contribution in [0.4, 0.5) is 0 Å². The van der Waals surface area contributed by atoms with E-state index in [1.807, 2.05) is 31.2 Å². The molecule has 1 aliphatic rings. The summed E-state index contributed by atoms with van der Waals surface area (Å²) in [5, 5.41) is 27.7. The van der Waals surface area contributed by atoms with Crippen LogP contribution in [0, 0.1) is 5.41 Å². The first-order valence-electron chi connectivity index (χ1n) is 22.6. The van der Waals surface area contributed by atoms with E-state index in [1.165, 1.54) is 13.3 Å². The van der Waals surface area contributed by atoms with E-state index in [-0.39, 0.29) is 74.5 Å². The number of para-hydroxylation sites is 1. The Balaban J connectivity index is 1.43. The van der Waals surface area contributed by atoms with Crippen molar-refractivity contribution in [2.24, 2.45) is 5.73 Å². The number of thiol groups is 2. The summed E-state index contributed by atoms with van der Waals surface area (Å²) in [7, 11) is 0. The molecule has 0 unspecified atom stereocenters. The lowest BCUT2D eigenvalue weighted by molar-refractivity contribution is -0.137. The number of amides is 7. The number of aromatic amines is 2. The highest BCUT2D eigenvalue weighted by Crippen LogP contribution is 2.21. The van der Waals surface area contributed by atoms with E-state index in [4.69, 9.17) is 11.1 Å². The molecule has 7 amide bonds.